The molecule has 0 aromatic heterocycles. The molecule has 0 radical (unpaired) electrons. The molecule has 0 aliphatic carbocycles. The Morgan fingerprint density at radius 2 is 2.08 bits per heavy atom. The molecule has 0 spiro atoms. The van der Waals surface area contributed by atoms with Crippen LogP contribution in [0.3, 0.4) is 0 Å². The number of carbonyl (C=O) groups is 1. The van der Waals surface area contributed by atoms with Crippen molar-refractivity contribution in [3.63, 3.8) is 0 Å². The van der Waals surface area contributed by atoms with Crippen LogP contribution in [-0.4, -0.2) is 30.1 Å². The Hall–Kier alpha value is -0.610. The van der Waals surface area contributed by atoms with Crippen LogP contribution in [0.4, 0.5) is 0 Å². The van der Waals surface area contributed by atoms with E-state index in [0.29, 0.717) is 19.6 Å². The number of hydrogen-bond acceptors (Lipinski definition) is 3. The van der Waals surface area contributed by atoms with Crippen LogP contribution in [0.2, 0.25) is 0 Å². The van der Waals surface area contributed by atoms with Crippen molar-refractivity contribution in [2.24, 2.45) is 5.92 Å². The first-order chi connectivity index (χ1) is 5.60. The second-order valence-electron chi connectivity index (χ2n) is 3.01. The van der Waals surface area contributed by atoms with E-state index in [4.69, 9.17) is 14.6 Å². The predicted molar refractivity (Wildman–Crippen MR) is 41.7 cm³/mol. The Morgan fingerprint density at radius 1 is 1.58 bits per heavy atom. The summed E-state index contributed by atoms with van der Waals surface area (Å²) >= 11 is 0. The molecule has 4 nitrogen and oxygen atoms in total. The van der Waals surface area contributed by atoms with Gasteiger partial charge in [-0.1, -0.05) is 6.92 Å². The predicted octanol–water partition coefficient (Wildman–Crippen LogP) is 0.860. The van der Waals surface area contributed by atoms with Crippen LogP contribution in [0.1, 0.15) is 20.3 Å². The maximum atomic E-state index is 10.8. The van der Waals surface area contributed by atoms with Crippen LogP contribution in [0.15, 0.2) is 0 Å². The van der Waals surface area contributed by atoms with Gasteiger partial charge in [0.25, 0.3) is 0 Å². The summed E-state index contributed by atoms with van der Waals surface area (Å²) in [6, 6.07) is 0. The van der Waals surface area contributed by atoms with Gasteiger partial charge in [0.2, 0.25) is 0 Å². The molecular weight excluding hydrogens is 160 g/mol. The molecule has 1 rings (SSSR count). The third-order valence-corrected chi connectivity index (χ3v) is 2.20. The summed E-state index contributed by atoms with van der Waals surface area (Å²) in [4.78, 5) is 10.8. The van der Waals surface area contributed by atoms with Crippen LogP contribution in [0, 0.1) is 5.92 Å². The fraction of sp³-hybridized carbons (Fsp3) is 0.875. The molecule has 12 heavy (non-hydrogen) atoms. The number of carboxylic acids is 1. The molecule has 1 atom stereocenters. The molecule has 1 heterocycles. The smallest absolute Gasteiger partial charge is 0.311 e. The van der Waals surface area contributed by atoms with Crippen molar-refractivity contribution in [2.75, 3.05) is 13.2 Å². The van der Waals surface area contributed by atoms with Crippen molar-refractivity contribution in [1.29, 1.82) is 0 Å². The van der Waals surface area contributed by atoms with Gasteiger partial charge < -0.3 is 14.6 Å². The summed E-state index contributed by atoms with van der Waals surface area (Å²) in [6.45, 7) is 4.47. The minimum absolute atomic E-state index is 0.486. The van der Waals surface area contributed by atoms with E-state index in [9.17, 15) is 4.79 Å². The maximum Gasteiger partial charge on any atom is 0.311 e. The Balaban J connectivity index is 2.69. The molecule has 1 N–H and O–H groups in total. The minimum Gasteiger partial charge on any atom is -0.481 e. The maximum absolute atomic E-state index is 10.8. The van der Waals surface area contributed by atoms with Gasteiger partial charge in [0.15, 0.2) is 5.79 Å². The van der Waals surface area contributed by atoms with Crippen LogP contribution in [0.5, 0.6) is 0 Å². The molecule has 1 aliphatic rings. The molecule has 1 aliphatic heterocycles. The van der Waals surface area contributed by atoms with Gasteiger partial charge in [0, 0.05) is 0 Å². The lowest BCUT2D eigenvalue weighted by Crippen LogP contribution is -2.40. The topological polar surface area (TPSA) is 55.8 Å². The van der Waals surface area contributed by atoms with Gasteiger partial charge in [-0.15, -0.1) is 0 Å². The fourth-order valence-electron chi connectivity index (χ4n) is 1.50. The second-order valence-corrected chi connectivity index (χ2v) is 3.01. The van der Waals surface area contributed by atoms with E-state index in [1.54, 1.807) is 6.92 Å². The third-order valence-electron chi connectivity index (χ3n) is 2.20. The fourth-order valence-corrected chi connectivity index (χ4v) is 1.50. The summed E-state index contributed by atoms with van der Waals surface area (Å²) in [5, 5.41) is 8.84. The van der Waals surface area contributed by atoms with E-state index in [2.05, 4.69) is 0 Å². The van der Waals surface area contributed by atoms with E-state index < -0.39 is 17.7 Å². The number of rotatable bonds is 3. The quantitative estimate of drug-likeness (QED) is 0.689. The molecule has 1 fully saturated rings. The molecule has 0 aromatic rings. The average molecular weight is 174 g/mol. The molecule has 0 aromatic carbocycles. The largest absolute Gasteiger partial charge is 0.481 e. The zero-order chi connectivity index (χ0) is 9.19. The van der Waals surface area contributed by atoms with Gasteiger partial charge in [-0.2, -0.15) is 0 Å². The molecule has 0 unspecified atom stereocenters. The highest BCUT2D eigenvalue weighted by molar-refractivity contribution is 5.71. The highest BCUT2D eigenvalue weighted by Gasteiger charge is 2.43. The minimum atomic E-state index is -0.916. The summed E-state index contributed by atoms with van der Waals surface area (Å²) < 4.78 is 10.5. The van der Waals surface area contributed by atoms with Crippen LogP contribution in [-0.2, 0) is 14.3 Å². The van der Waals surface area contributed by atoms with Crippen molar-refractivity contribution in [3.05, 3.63) is 0 Å². The van der Waals surface area contributed by atoms with E-state index in [-0.39, 0.29) is 0 Å². The van der Waals surface area contributed by atoms with E-state index in [1.807, 2.05) is 6.92 Å². The molecule has 0 bridgehead atoms. The van der Waals surface area contributed by atoms with Crippen LogP contribution < -0.4 is 0 Å². The van der Waals surface area contributed by atoms with E-state index in [0.717, 1.165) is 0 Å². The van der Waals surface area contributed by atoms with Gasteiger partial charge in [-0.05, 0) is 13.3 Å². The van der Waals surface area contributed by atoms with Crippen molar-refractivity contribution in [3.8, 4) is 0 Å². The highest BCUT2D eigenvalue weighted by Crippen LogP contribution is 2.30. The Morgan fingerprint density at radius 3 is 2.42 bits per heavy atom. The normalized spacial score (nSPS) is 23.8. The van der Waals surface area contributed by atoms with Crippen molar-refractivity contribution in [1.82, 2.24) is 0 Å². The Kier molecular flexibility index (Phi) is 2.69. The summed E-state index contributed by atoms with van der Waals surface area (Å²) in [5.41, 5.74) is 0. The lowest BCUT2D eigenvalue weighted by Gasteiger charge is -2.28. The zero-order valence-electron chi connectivity index (χ0n) is 7.37. The monoisotopic (exact) mass is 174 g/mol. The zero-order valence-corrected chi connectivity index (χ0v) is 7.37. The van der Waals surface area contributed by atoms with E-state index in [1.165, 1.54) is 0 Å². The average Bonchev–Trinajstić information content (AvgIpc) is 2.37. The number of carboxylic acid groups (broad SMARTS) is 1. The summed E-state index contributed by atoms with van der Waals surface area (Å²) in [7, 11) is 0. The molecule has 0 amide bonds. The first-order valence-corrected chi connectivity index (χ1v) is 4.11. The van der Waals surface area contributed by atoms with Gasteiger partial charge in [-0.25, -0.2) is 0 Å². The van der Waals surface area contributed by atoms with Crippen molar-refractivity contribution >= 4 is 5.97 Å². The Bertz CT molecular complexity index is 172. The van der Waals surface area contributed by atoms with Crippen molar-refractivity contribution < 1.29 is 19.4 Å². The molecule has 1 saturated heterocycles. The Labute approximate surface area is 71.5 Å². The van der Waals surface area contributed by atoms with Gasteiger partial charge in [0.1, 0.15) is 5.92 Å². The molecular formula is C8H14O4. The number of hydrogen-bond donors (Lipinski definition) is 1. The van der Waals surface area contributed by atoms with Crippen molar-refractivity contribution in [2.45, 2.75) is 26.1 Å². The first kappa shape index (κ1) is 9.48. The lowest BCUT2D eigenvalue weighted by atomic mass is 9.97. The second kappa shape index (κ2) is 3.41. The standard InChI is InChI=1S/C8H14O4/c1-3-6(7(9)10)8(2)11-4-5-12-8/h6H,3-5H2,1-2H3,(H,9,10)/t6-/m1/s1. The van der Waals surface area contributed by atoms with E-state index >= 15 is 0 Å². The van der Waals surface area contributed by atoms with Gasteiger partial charge in [0.05, 0.1) is 13.2 Å². The third kappa shape index (κ3) is 1.59. The number of ether oxygens (including phenoxy) is 2. The van der Waals surface area contributed by atoms with Crippen LogP contribution in [0.25, 0.3) is 0 Å². The van der Waals surface area contributed by atoms with Gasteiger partial charge >= 0.3 is 5.97 Å². The molecule has 4 heteroatoms. The van der Waals surface area contributed by atoms with Crippen LogP contribution >= 0.6 is 0 Å². The molecule has 0 saturated carbocycles. The lowest BCUT2D eigenvalue weighted by molar-refractivity contribution is -0.197. The molecule has 70 valence electrons. The summed E-state index contributed by atoms with van der Waals surface area (Å²) in [6.07, 6.45) is 0.520. The first-order valence-electron chi connectivity index (χ1n) is 4.11. The number of aliphatic carboxylic acids is 1. The summed E-state index contributed by atoms with van der Waals surface area (Å²) in [5.74, 6) is -2.34. The van der Waals surface area contributed by atoms with Gasteiger partial charge in [-0.3, -0.25) is 4.79 Å². The SMILES string of the molecule is CC[C@H](C(=O)O)C1(C)OCCO1. The highest BCUT2D eigenvalue weighted by atomic mass is 16.7.